The Hall–Kier alpha value is -3.48. The highest BCUT2D eigenvalue weighted by Gasteiger charge is 2.36. The Morgan fingerprint density at radius 3 is 2.52 bits per heavy atom. The summed E-state index contributed by atoms with van der Waals surface area (Å²) in [7, 11) is 0. The lowest BCUT2D eigenvalue weighted by molar-refractivity contribution is 0.0514. The van der Waals surface area contributed by atoms with Crippen LogP contribution in [0, 0.1) is 0 Å². The number of hydrogen-bond acceptors (Lipinski definition) is 4. The average molecular weight is 386 g/mol. The quantitative estimate of drug-likeness (QED) is 0.539. The largest absolute Gasteiger partial charge is 0.333 e. The van der Waals surface area contributed by atoms with Crippen LogP contribution in [0.25, 0.3) is 16.7 Å². The van der Waals surface area contributed by atoms with Crippen molar-refractivity contribution in [3.63, 3.8) is 0 Å². The molecule has 0 saturated carbocycles. The molecule has 29 heavy (non-hydrogen) atoms. The summed E-state index contributed by atoms with van der Waals surface area (Å²) in [5.74, 6) is 1.30. The van der Waals surface area contributed by atoms with Crippen LogP contribution in [0.1, 0.15) is 42.1 Å². The number of likely N-dealkylation sites (tertiary alicyclic amines) is 1. The number of fused-ring (bicyclic) bond motifs is 1. The molecule has 0 unspecified atom stereocenters. The molecule has 1 aliphatic rings. The Kier molecular flexibility index (Phi) is 4.16. The molecule has 2 aromatic heterocycles. The standard InChI is InChI=1S/C22H22N6O/c1-15(2)21-24-18-10-6-7-11-20(18)27(21)17-13-26(14-17)22(29)19-12-23-28(25-19)16-8-4-3-5-9-16/h3-12,15,17H,13-14H2,1-2H3. The van der Waals surface area contributed by atoms with E-state index in [1.807, 2.05) is 53.4 Å². The molecular formula is C22H22N6O. The van der Waals surface area contributed by atoms with Gasteiger partial charge in [0.2, 0.25) is 0 Å². The fraction of sp³-hybridized carbons (Fsp3) is 0.273. The van der Waals surface area contributed by atoms with Gasteiger partial charge >= 0.3 is 0 Å². The molecule has 0 bridgehead atoms. The third kappa shape index (κ3) is 2.99. The number of rotatable bonds is 4. The van der Waals surface area contributed by atoms with Gasteiger partial charge < -0.3 is 9.47 Å². The van der Waals surface area contributed by atoms with Crippen LogP contribution in [0.4, 0.5) is 0 Å². The molecule has 4 aromatic rings. The maximum absolute atomic E-state index is 12.9. The predicted octanol–water partition coefficient (Wildman–Crippen LogP) is 3.44. The number of nitrogens with zero attached hydrogens (tertiary/aromatic N) is 6. The van der Waals surface area contributed by atoms with Crippen molar-refractivity contribution in [2.24, 2.45) is 0 Å². The first kappa shape index (κ1) is 17.6. The van der Waals surface area contributed by atoms with Gasteiger partial charge in [0.25, 0.3) is 5.91 Å². The van der Waals surface area contributed by atoms with E-state index in [9.17, 15) is 4.79 Å². The van der Waals surface area contributed by atoms with Crippen LogP contribution >= 0.6 is 0 Å². The molecule has 146 valence electrons. The minimum absolute atomic E-state index is 0.0843. The first-order chi connectivity index (χ1) is 14.1. The molecule has 0 N–H and O–H groups in total. The minimum atomic E-state index is -0.0843. The van der Waals surface area contributed by atoms with E-state index in [0.717, 1.165) is 22.5 Å². The van der Waals surface area contributed by atoms with Crippen LogP contribution in [-0.2, 0) is 0 Å². The molecule has 1 amide bonds. The highest BCUT2D eigenvalue weighted by atomic mass is 16.2. The van der Waals surface area contributed by atoms with E-state index in [4.69, 9.17) is 4.98 Å². The lowest BCUT2D eigenvalue weighted by atomic mass is 10.1. The summed E-state index contributed by atoms with van der Waals surface area (Å²) in [4.78, 5) is 21.0. The van der Waals surface area contributed by atoms with Crippen LogP contribution < -0.4 is 0 Å². The van der Waals surface area contributed by atoms with E-state index in [1.54, 1.807) is 0 Å². The second kappa shape index (κ2) is 6.84. The molecular weight excluding hydrogens is 364 g/mol. The molecule has 1 fully saturated rings. The fourth-order valence-corrected chi connectivity index (χ4v) is 3.85. The van der Waals surface area contributed by atoms with Crippen molar-refractivity contribution in [1.82, 2.24) is 29.4 Å². The van der Waals surface area contributed by atoms with Gasteiger partial charge in [0, 0.05) is 19.0 Å². The van der Waals surface area contributed by atoms with Gasteiger partial charge in [0.05, 0.1) is 29.0 Å². The molecule has 0 spiro atoms. The van der Waals surface area contributed by atoms with Gasteiger partial charge in [0.15, 0.2) is 5.69 Å². The van der Waals surface area contributed by atoms with Crippen molar-refractivity contribution >= 4 is 16.9 Å². The van der Waals surface area contributed by atoms with Gasteiger partial charge in [-0.15, -0.1) is 5.10 Å². The Balaban J connectivity index is 1.35. The molecule has 1 aliphatic heterocycles. The molecule has 0 radical (unpaired) electrons. The summed E-state index contributed by atoms with van der Waals surface area (Å²) in [5.41, 5.74) is 3.33. The van der Waals surface area contributed by atoms with Crippen molar-refractivity contribution in [2.75, 3.05) is 13.1 Å². The summed E-state index contributed by atoms with van der Waals surface area (Å²) in [6.45, 7) is 5.61. The Bertz CT molecular complexity index is 1170. The first-order valence-corrected chi connectivity index (χ1v) is 9.85. The normalized spacial score (nSPS) is 14.5. The zero-order valence-corrected chi connectivity index (χ0v) is 16.4. The van der Waals surface area contributed by atoms with E-state index < -0.39 is 0 Å². The zero-order chi connectivity index (χ0) is 20.0. The van der Waals surface area contributed by atoms with Crippen LogP contribution in [0.15, 0.2) is 60.8 Å². The summed E-state index contributed by atoms with van der Waals surface area (Å²) >= 11 is 0. The van der Waals surface area contributed by atoms with Crippen LogP contribution in [0.3, 0.4) is 0 Å². The summed E-state index contributed by atoms with van der Waals surface area (Å²) in [6, 6.07) is 18.0. The van der Waals surface area contributed by atoms with Crippen molar-refractivity contribution in [3.05, 3.63) is 72.3 Å². The van der Waals surface area contributed by atoms with Crippen LogP contribution in [0.2, 0.25) is 0 Å². The second-order valence-electron chi connectivity index (χ2n) is 7.70. The van der Waals surface area contributed by atoms with Crippen LogP contribution in [-0.4, -0.2) is 48.4 Å². The van der Waals surface area contributed by atoms with Gasteiger partial charge in [-0.2, -0.15) is 9.90 Å². The summed E-state index contributed by atoms with van der Waals surface area (Å²) in [5, 5.41) is 8.60. The highest BCUT2D eigenvalue weighted by molar-refractivity contribution is 5.92. The molecule has 7 nitrogen and oxygen atoms in total. The highest BCUT2D eigenvalue weighted by Crippen LogP contribution is 2.31. The number of para-hydroxylation sites is 3. The summed E-state index contributed by atoms with van der Waals surface area (Å²) in [6.07, 6.45) is 1.54. The fourth-order valence-electron chi connectivity index (χ4n) is 3.85. The van der Waals surface area contributed by atoms with Gasteiger partial charge in [-0.05, 0) is 24.3 Å². The minimum Gasteiger partial charge on any atom is -0.333 e. The second-order valence-corrected chi connectivity index (χ2v) is 7.70. The van der Waals surface area contributed by atoms with E-state index in [2.05, 4.69) is 34.7 Å². The summed E-state index contributed by atoms with van der Waals surface area (Å²) < 4.78 is 2.30. The maximum atomic E-state index is 12.9. The Morgan fingerprint density at radius 1 is 1.03 bits per heavy atom. The molecule has 1 saturated heterocycles. The number of carbonyl (C=O) groups excluding carboxylic acids is 1. The third-order valence-electron chi connectivity index (χ3n) is 5.35. The van der Waals surface area contributed by atoms with Gasteiger partial charge in [-0.25, -0.2) is 4.98 Å². The number of aromatic nitrogens is 5. The Labute approximate surface area is 168 Å². The van der Waals surface area contributed by atoms with Crippen molar-refractivity contribution < 1.29 is 4.79 Å². The van der Waals surface area contributed by atoms with Gasteiger partial charge in [-0.3, -0.25) is 4.79 Å². The predicted molar refractivity (Wildman–Crippen MR) is 110 cm³/mol. The SMILES string of the molecule is CC(C)c1nc2ccccc2n1C1CN(C(=O)c2cnn(-c3ccccc3)n2)C1. The molecule has 5 rings (SSSR count). The molecule has 0 atom stereocenters. The van der Waals surface area contributed by atoms with E-state index >= 15 is 0 Å². The smallest absolute Gasteiger partial charge is 0.276 e. The zero-order valence-electron chi connectivity index (χ0n) is 16.4. The number of imidazole rings is 1. The lowest BCUT2D eigenvalue weighted by Gasteiger charge is -2.40. The molecule has 2 aromatic carbocycles. The number of hydrogen-bond donors (Lipinski definition) is 0. The van der Waals surface area contributed by atoms with Gasteiger partial charge in [-0.1, -0.05) is 44.2 Å². The average Bonchev–Trinajstić information content (AvgIpc) is 3.33. The maximum Gasteiger partial charge on any atom is 0.276 e. The first-order valence-electron chi connectivity index (χ1n) is 9.85. The molecule has 0 aliphatic carbocycles. The van der Waals surface area contributed by atoms with Crippen molar-refractivity contribution in [1.29, 1.82) is 0 Å². The van der Waals surface area contributed by atoms with Gasteiger partial charge in [0.1, 0.15) is 5.82 Å². The molecule has 3 heterocycles. The molecule has 7 heteroatoms. The number of amides is 1. The van der Waals surface area contributed by atoms with E-state index in [0.29, 0.717) is 24.7 Å². The third-order valence-corrected chi connectivity index (χ3v) is 5.35. The van der Waals surface area contributed by atoms with E-state index in [1.165, 1.54) is 11.0 Å². The topological polar surface area (TPSA) is 68.8 Å². The number of benzene rings is 2. The Morgan fingerprint density at radius 2 is 1.76 bits per heavy atom. The monoisotopic (exact) mass is 386 g/mol. The van der Waals surface area contributed by atoms with E-state index in [-0.39, 0.29) is 11.9 Å². The number of carbonyl (C=O) groups is 1. The lowest BCUT2D eigenvalue weighted by Crippen LogP contribution is -2.51. The van der Waals surface area contributed by atoms with Crippen molar-refractivity contribution in [3.8, 4) is 5.69 Å². The van der Waals surface area contributed by atoms with Crippen molar-refractivity contribution in [2.45, 2.75) is 25.8 Å². The van der Waals surface area contributed by atoms with Crippen LogP contribution in [0.5, 0.6) is 0 Å².